The minimum atomic E-state index is 0.654. The largest absolute Gasteiger partial charge is 0.142 e. The molecule has 0 fully saturated rings. The van der Waals surface area contributed by atoms with Gasteiger partial charge in [-0.3, -0.25) is 0 Å². The SMILES string of the molecule is CCCCCCCCc1c(S)c(=S)c(=S)c1=S. The van der Waals surface area contributed by atoms with Gasteiger partial charge in [-0.15, -0.1) is 12.6 Å². The molecule has 4 heteroatoms. The minimum Gasteiger partial charge on any atom is -0.142 e. The van der Waals surface area contributed by atoms with Crippen LogP contribution >= 0.6 is 49.3 Å². The third-order valence-electron chi connectivity index (χ3n) is 2.97. The summed E-state index contributed by atoms with van der Waals surface area (Å²) in [5, 5.41) is 0. The molecule has 94 valence electrons. The normalized spacial score (nSPS) is 10.9. The van der Waals surface area contributed by atoms with E-state index in [-0.39, 0.29) is 0 Å². The topological polar surface area (TPSA) is 0 Å². The standard InChI is InChI=1S/C13H18S4/c1-2-3-4-5-6-7-8-9-10(14)12(16)13(17)11(9)15/h14H,2-8H2,1H3. The van der Waals surface area contributed by atoms with Crippen LogP contribution in [0, 0.1) is 13.5 Å². The Kier molecular flexibility index (Phi) is 7.00. The molecule has 1 aromatic rings. The van der Waals surface area contributed by atoms with E-state index in [1.807, 2.05) is 0 Å². The van der Waals surface area contributed by atoms with E-state index < -0.39 is 0 Å². The lowest BCUT2D eigenvalue weighted by molar-refractivity contribution is 0.606. The van der Waals surface area contributed by atoms with Crippen molar-refractivity contribution in [1.29, 1.82) is 0 Å². The van der Waals surface area contributed by atoms with Gasteiger partial charge in [-0.25, -0.2) is 0 Å². The van der Waals surface area contributed by atoms with Crippen LogP contribution in [-0.2, 0) is 6.42 Å². The van der Waals surface area contributed by atoms with Gasteiger partial charge in [-0.1, -0.05) is 75.7 Å². The molecule has 0 amide bonds. The van der Waals surface area contributed by atoms with Crippen LogP contribution in [0.1, 0.15) is 51.0 Å². The van der Waals surface area contributed by atoms with Crippen LogP contribution < -0.4 is 0 Å². The van der Waals surface area contributed by atoms with E-state index in [4.69, 9.17) is 36.7 Å². The van der Waals surface area contributed by atoms with E-state index in [1.54, 1.807) is 0 Å². The molecule has 17 heavy (non-hydrogen) atoms. The Morgan fingerprint density at radius 2 is 1.41 bits per heavy atom. The smallest absolute Gasteiger partial charge is 0.0752 e. The number of thiol groups is 1. The lowest BCUT2D eigenvalue weighted by atomic mass is 10.1. The molecule has 0 saturated heterocycles. The predicted octanol–water partition coefficient (Wildman–Crippen LogP) is 5.94. The number of unbranched alkanes of at least 4 members (excludes halogenated alkanes) is 5. The molecule has 0 radical (unpaired) electrons. The molecule has 0 heterocycles. The van der Waals surface area contributed by atoms with Crippen LogP contribution in [0.15, 0.2) is 4.90 Å². The molecular formula is C13H18S4. The van der Waals surface area contributed by atoms with Gasteiger partial charge in [0.1, 0.15) is 0 Å². The fourth-order valence-corrected chi connectivity index (χ4v) is 3.21. The first kappa shape index (κ1) is 15.4. The van der Waals surface area contributed by atoms with Crippen molar-refractivity contribution in [3.63, 3.8) is 0 Å². The fraction of sp³-hybridized carbons (Fsp3) is 0.615. The minimum absolute atomic E-state index is 0.654. The lowest BCUT2D eigenvalue weighted by Gasteiger charge is -2.01. The Hall–Kier alpha value is 0.360. The maximum atomic E-state index is 5.30. The van der Waals surface area contributed by atoms with Gasteiger partial charge in [-0.2, -0.15) is 0 Å². The van der Waals surface area contributed by atoms with E-state index in [0.717, 1.165) is 27.8 Å². The van der Waals surface area contributed by atoms with E-state index in [0.29, 0.717) is 9.02 Å². The van der Waals surface area contributed by atoms with Crippen molar-refractivity contribution in [1.82, 2.24) is 0 Å². The lowest BCUT2D eigenvalue weighted by Crippen LogP contribution is -1.86. The van der Waals surface area contributed by atoms with Crippen molar-refractivity contribution in [3.8, 4) is 0 Å². The molecule has 0 aliphatic rings. The second-order valence-electron chi connectivity index (χ2n) is 4.33. The summed E-state index contributed by atoms with van der Waals surface area (Å²) in [4.78, 5) is 0.851. The van der Waals surface area contributed by atoms with Gasteiger partial charge in [0, 0.05) is 4.90 Å². The van der Waals surface area contributed by atoms with Gasteiger partial charge in [0.25, 0.3) is 0 Å². The van der Waals surface area contributed by atoms with Gasteiger partial charge in [-0.05, 0) is 18.4 Å². The van der Waals surface area contributed by atoms with Crippen LogP contribution in [0.25, 0.3) is 0 Å². The first-order chi connectivity index (χ1) is 8.09. The molecule has 1 rings (SSSR count). The van der Waals surface area contributed by atoms with Crippen molar-refractivity contribution >= 4 is 49.3 Å². The molecule has 0 atom stereocenters. The summed E-state index contributed by atoms with van der Waals surface area (Å²) < 4.78 is 2.10. The van der Waals surface area contributed by atoms with Gasteiger partial charge in [0.15, 0.2) is 0 Å². The molecule has 0 N–H and O–H groups in total. The quantitative estimate of drug-likeness (QED) is 0.376. The van der Waals surface area contributed by atoms with Crippen LogP contribution in [0.3, 0.4) is 0 Å². The van der Waals surface area contributed by atoms with Crippen LogP contribution in [0.2, 0.25) is 0 Å². The zero-order valence-electron chi connectivity index (χ0n) is 10.1. The van der Waals surface area contributed by atoms with Crippen LogP contribution in [0.4, 0.5) is 0 Å². The summed E-state index contributed by atoms with van der Waals surface area (Å²) in [6.07, 6.45) is 8.67. The highest BCUT2D eigenvalue weighted by Crippen LogP contribution is 2.24. The summed E-state index contributed by atoms with van der Waals surface area (Å²) in [6.45, 7) is 2.23. The number of hydrogen-bond donors (Lipinski definition) is 1. The molecule has 0 aliphatic heterocycles. The molecule has 0 bridgehead atoms. The van der Waals surface area contributed by atoms with Crippen molar-refractivity contribution in [2.24, 2.45) is 0 Å². The second-order valence-corrected chi connectivity index (χ2v) is 6.00. The Balaban J connectivity index is 2.48. The Labute approximate surface area is 125 Å². The van der Waals surface area contributed by atoms with Gasteiger partial charge in [0.05, 0.1) is 13.5 Å². The van der Waals surface area contributed by atoms with E-state index in [1.165, 1.54) is 32.1 Å². The van der Waals surface area contributed by atoms with Gasteiger partial charge < -0.3 is 0 Å². The molecule has 0 nitrogen and oxygen atoms in total. The summed E-state index contributed by atoms with van der Waals surface area (Å²) in [5.41, 5.74) is 1.11. The van der Waals surface area contributed by atoms with Gasteiger partial charge >= 0.3 is 0 Å². The molecule has 0 aliphatic carbocycles. The van der Waals surface area contributed by atoms with E-state index in [9.17, 15) is 0 Å². The van der Waals surface area contributed by atoms with Crippen molar-refractivity contribution in [2.45, 2.75) is 56.8 Å². The van der Waals surface area contributed by atoms with E-state index >= 15 is 0 Å². The highest BCUT2D eigenvalue weighted by Gasteiger charge is 2.08. The Bertz CT molecular complexity index is 495. The van der Waals surface area contributed by atoms with Crippen LogP contribution in [0.5, 0.6) is 0 Å². The third kappa shape index (κ3) is 4.19. The molecule has 1 aromatic carbocycles. The average molecular weight is 303 g/mol. The Morgan fingerprint density at radius 1 is 0.824 bits per heavy atom. The third-order valence-corrected chi connectivity index (χ3v) is 5.14. The van der Waals surface area contributed by atoms with Crippen molar-refractivity contribution < 1.29 is 0 Å². The highest BCUT2D eigenvalue weighted by atomic mass is 32.1. The maximum absolute atomic E-state index is 5.30. The first-order valence-electron chi connectivity index (χ1n) is 6.15. The summed E-state index contributed by atoms with van der Waals surface area (Å²) in [6, 6.07) is 0. The van der Waals surface area contributed by atoms with E-state index in [2.05, 4.69) is 19.6 Å². The average Bonchev–Trinajstić information content (AvgIpc) is 2.50. The van der Waals surface area contributed by atoms with Gasteiger partial charge in [0.2, 0.25) is 0 Å². The number of rotatable bonds is 7. The zero-order chi connectivity index (χ0) is 12.8. The second kappa shape index (κ2) is 7.72. The summed E-state index contributed by atoms with van der Waals surface area (Å²) >= 11 is 20.1. The molecular weight excluding hydrogens is 284 g/mol. The molecule has 0 spiro atoms. The van der Waals surface area contributed by atoms with Crippen molar-refractivity contribution in [3.05, 3.63) is 19.1 Å². The number of hydrogen-bond acceptors (Lipinski definition) is 4. The maximum Gasteiger partial charge on any atom is 0.0752 e. The Morgan fingerprint density at radius 3 is 1.94 bits per heavy atom. The molecule has 0 aromatic heterocycles. The monoisotopic (exact) mass is 302 g/mol. The predicted molar refractivity (Wildman–Crippen MR) is 85.6 cm³/mol. The fourth-order valence-electron chi connectivity index (χ4n) is 1.91. The summed E-state index contributed by atoms with van der Waals surface area (Å²) in [5.74, 6) is 0. The van der Waals surface area contributed by atoms with Crippen LogP contribution in [-0.4, -0.2) is 0 Å². The molecule has 0 saturated carbocycles. The highest BCUT2D eigenvalue weighted by molar-refractivity contribution is 7.81. The first-order valence-corrected chi connectivity index (χ1v) is 7.82. The zero-order valence-corrected chi connectivity index (χ0v) is 13.5. The molecule has 0 unspecified atom stereocenters. The summed E-state index contributed by atoms with van der Waals surface area (Å²) in [7, 11) is 0. The van der Waals surface area contributed by atoms with Crippen molar-refractivity contribution in [2.75, 3.05) is 0 Å².